The van der Waals surface area contributed by atoms with Gasteiger partial charge in [0.15, 0.2) is 0 Å². The van der Waals surface area contributed by atoms with E-state index >= 15 is 0 Å². The van der Waals surface area contributed by atoms with Gasteiger partial charge in [-0.2, -0.15) is 0 Å². The van der Waals surface area contributed by atoms with E-state index in [1.54, 1.807) is 0 Å². The van der Waals surface area contributed by atoms with Gasteiger partial charge in [-0.3, -0.25) is 0 Å². The monoisotopic (exact) mass is 236 g/mol. The molecule has 0 saturated carbocycles. The van der Waals surface area contributed by atoms with Crippen LogP contribution in [0.4, 0.5) is 0 Å². The second-order valence-corrected chi connectivity index (χ2v) is 8.89. The third kappa shape index (κ3) is 3.67. The first-order valence-corrected chi connectivity index (χ1v) is 9.03. The number of hydrogen-bond donors (Lipinski definition) is 0. The van der Waals surface area contributed by atoms with Gasteiger partial charge in [0.25, 0.3) is 8.32 Å². The molecule has 0 unspecified atom stereocenters. The number of rotatable bonds is 7. The number of para-hydroxylation sites is 1. The first kappa shape index (κ1) is 13.3. The lowest BCUT2D eigenvalue weighted by Gasteiger charge is -2.30. The van der Waals surface area contributed by atoms with Gasteiger partial charge in [0.2, 0.25) is 0 Å². The normalized spacial score (nSPS) is 11.4. The maximum atomic E-state index is 6.34. The summed E-state index contributed by atoms with van der Waals surface area (Å²) in [4.78, 5) is 0. The van der Waals surface area contributed by atoms with Crippen LogP contribution >= 0.6 is 0 Å². The van der Waals surface area contributed by atoms with Crippen molar-refractivity contribution in [3.05, 3.63) is 30.3 Å². The zero-order chi connectivity index (χ0) is 11.9. The summed E-state index contributed by atoms with van der Waals surface area (Å²) < 4.78 is 6.34. The predicted octanol–water partition coefficient (Wildman–Crippen LogP) is 4.85. The fraction of sp³-hybridized carbons (Fsp3) is 0.571. The largest absolute Gasteiger partial charge is 0.543 e. The molecule has 1 aromatic rings. The van der Waals surface area contributed by atoms with Crippen molar-refractivity contribution in [1.29, 1.82) is 0 Å². The molecule has 0 bridgehead atoms. The first-order chi connectivity index (χ1) is 7.76. The van der Waals surface area contributed by atoms with Crippen LogP contribution in [0.3, 0.4) is 0 Å². The Kier molecular flexibility index (Phi) is 5.60. The molecular formula is C14H24OSi. The molecule has 0 aliphatic rings. The first-order valence-electron chi connectivity index (χ1n) is 6.50. The second kappa shape index (κ2) is 6.74. The maximum absolute atomic E-state index is 6.34. The van der Waals surface area contributed by atoms with Gasteiger partial charge in [-0.1, -0.05) is 51.8 Å². The fourth-order valence-electron chi connectivity index (χ4n) is 2.04. The van der Waals surface area contributed by atoms with Crippen LogP contribution in [-0.4, -0.2) is 8.32 Å². The average Bonchev–Trinajstić information content (AvgIpc) is 2.36. The number of hydrogen-bond acceptors (Lipinski definition) is 1. The smallest absolute Gasteiger partial charge is 0.250 e. The Morgan fingerprint density at radius 1 is 1.00 bits per heavy atom. The molecule has 16 heavy (non-hydrogen) atoms. The van der Waals surface area contributed by atoms with Crippen molar-refractivity contribution in [1.82, 2.24) is 0 Å². The molecule has 0 radical (unpaired) electrons. The van der Waals surface area contributed by atoms with Gasteiger partial charge in [-0.15, -0.1) is 0 Å². The molecule has 0 heterocycles. The van der Waals surface area contributed by atoms with E-state index in [4.69, 9.17) is 4.43 Å². The van der Waals surface area contributed by atoms with Gasteiger partial charge >= 0.3 is 0 Å². The SMILES string of the molecule is CCCC[Si](CC)(CC)Oc1ccccc1. The molecule has 0 N–H and O–H groups in total. The van der Waals surface area contributed by atoms with E-state index in [-0.39, 0.29) is 0 Å². The molecule has 0 aliphatic heterocycles. The second-order valence-electron chi connectivity index (χ2n) is 4.41. The standard InChI is InChI=1S/C14H24OSi/c1-4-7-13-16(5-2,6-3)15-14-11-9-8-10-12-14/h8-12H,4-7,13H2,1-3H3. The Hall–Kier alpha value is -0.763. The van der Waals surface area contributed by atoms with Gasteiger partial charge in [0, 0.05) is 0 Å². The van der Waals surface area contributed by atoms with Crippen LogP contribution in [0.1, 0.15) is 33.6 Å². The topological polar surface area (TPSA) is 9.23 Å². The highest BCUT2D eigenvalue weighted by molar-refractivity contribution is 6.74. The highest BCUT2D eigenvalue weighted by Gasteiger charge is 2.31. The van der Waals surface area contributed by atoms with E-state index in [2.05, 4.69) is 45.0 Å². The van der Waals surface area contributed by atoms with Gasteiger partial charge in [0.1, 0.15) is 5.75 Å². The summed E-state index contributed by atoms with van der Waals surface area (Å²) in [5.41, 5.74) is 0. The van der Waals surface area contributed by atoms with Crippen LogP contribution in [0.2, 0.25) is 18.1 Å². The third-order valence-electron chi connectivity index (χ3n) is 3.35. The molecular weight excluding hydrogens is 212 g/mol. The Bertz CT molecular complexity index is 280. The van der Waals surface area contributed by atoms with Gasteiger partial charge in [-0.05, 0) is 30.3 Å². The summed E-state index contributed by atoms with van der Waals surface area (Å²) in [6.07, 6.45) is 2.58. The minimum Gasteiger partial charge on any atom is -0.543 e. The van der Waals surface area contributed by atoms with Crippen LogP contribution in [-0.2, 0) is 0 Å². The van der Waals surface area contributed by atoms with E-state index in [0.29, 0.717) is 0 Å². The molecule has 1 aromatic carbocycles. The molecule has 0 amide bonds. The molecule has 90 valence electrons. The maximum Gasteiger partial charge on any atom is 0.250 e. The Morgan fingerprint density at radius 3 is 2.12 bits per heavy atom. The van der Waals surface area contributed by atoms with Gasteiger partial charge in [-0.25, -0.2) is 0 Å². The van der Waals surface area contributed by atoms with E-state index in [0.717, 1.165) is 5.75 Å². The highest BCUT2D eigenvalue weighted by Crippen LogP contribution is 2.27. The molecule has 1 nitrogen and oxygen atoms in total. The average molecular weight is 236 g/mol. The lowest BCUT2D eigenvalue weighted by molar-refractivity contribution is 0.525. The summed E-state index contributed by atoms with van der Waals surface area (Å²) >= 11 is 0. The molecule has 0 spiro atoms. The number of benzene rings is 1. The summed E-state index contributed by atoms with van der Waals surface area (Å²) in [6, 6.07) is 14.1. The van der Waals surface area contributed by atoms with Crippen LogP contribution in [0, 0.1) is 0 Å². The Labute approximate surface area is 101 Å². The van der Waals surface area contributed by atoms with Crippen molar-refractivity contribution < 1.29 is 4.43 Å². The van der Waals surface area contributed by atoms with E-state index in [9.17, 15) is 0 Å². The molecule has 2 heteroatoms. The van der Waals surface area contributed by atoms with Crippen LogP contribution in [0.5, 0.6) is 5.75 Å². The van der Waals surface area contributed by atoms with E-state index in [1.807, 2.05) is 6.07 Å². The fourth-order valence-corrected chi connectivity index (χ4v) is 5.27. The molecule has 1 rings (SSSR count). The number of unbranched alkanes of at least 4 members (excludes halogenated alkanes) is 1. The van der Waals surface area contributed by atoms with E-state index < -0.39 is 8.32 Å². The van der Waals surface area contributed by atoms with Crippen LogP contribution < -0.4 is 4.43 Å². The highest BCUT2D eigenvalue weighted by atomic mass is 28.4. The van der Waals surface area contributed by atoms with E-state index in [1.165, 1.54) is 31.0 Å². The van der Waals surface area contributed by atoms with Gasteiger partial charge < -0.3 is 4.43 Å². The lowest BCUT2D eigenvalue weighted by Crippen LogP contribution is -2.40. The summed E-state index contributed by atoms with van der Waals surface area (Å²) in [7, 11) is -1.51. The van der Waals surface area contributed by atoms with Crippen molar-refractivity contribution in [2.24, 2.45) is 0 Å². The van der Waals surface area contributed by atoms with Crippen molar-refractivity contribution in [3.8, 4) is 5.75 Å². The lowest BCUT2D eigenvalue weighted by atomic mass is 10.3. The molecule has 0 aromatic heterocycles. The van der Waals surface area contributed by atoms with Crippen molar-refractivity contribution in [2.75, 3.05) is 0 Å². The molecule has 0 atom stereocenters. The predicted molar refractivity (Wildman–Crippen MR) is 73.5 cm³/mol. The van der Waals surface area contributed by atoms with Crippen molar-refractivity contribution in [3.63, 3.8) is 0 Å². The van der Waals surface area contributed by atoms with Crippen molar-refractivity contribution >= 4 is 8.32 Å². The quantitative estimate of drug-likeness (QED) is 0.615. The molecule has 0 saturated heterocycles. The Balaban J connectivity index is 2.70. The van der Waals surface area contributed by atoms with Gasteiger partial charge in [0.05, 0.1) is 0 Å². The van der Waals surface area contributed by atoms with Crippen molar-refractivity contribution in [2.45, 2.75) is 51.7 Å². The van der Waals surface area contributed by atoms with Crippen LogP contribution in [0.25, 0.3) is 0 Å². The zero-order valence-electron chi connectivity index (χ0n) is 10.8. The minimum atomic E-state index is -1.51. The summed E-state index contributed by atoms with van der Waals surface area (Å²) in [5.74, 6) is 1.06. The third-order valence-corrected chi connectivity index (χ3v) is 7.86. The van der Waals surface area contributed by atoms with Crippen LogP contribution in [0.15, 0.2) is 30.3 Å². The molecule has 0 aliphatic carbocycles. The molecule has 0 fully saturated rings. The summed E-state index contributed by atoms with van der Waals surface area (Å²) in [5, 5.41) is 0. The zero-order valence-corrected chi connectivity index (χ0v) is 11.8. The minimum absolute atomic E-state index is 1.06. The Morgan fingerprint density at radius 2 is 1.62 bits per heavy atom. The summed E-state index contributed by atoms with van der Waals surface area (Å²) in [6.45, 7) is 6.83.